The normalized spacial score (nSPS) is 17.4. The van der Waals surface area contributed by atoms with Crippen LogP contribution in [-0.4, -0.2) is 31.2 Å². The Balaban J connectivity index is 2.36. The maximum absolute atomic E-state index is 12.4. The molecule has 1 atom stereocenters. The van der Waals surface area contributed by atoms with E-state index >= 15 is 0 Å². The SMILES string of the molecule is C/C=C/C(=O)OCC1=C(C(=O)OCC)C(c2cccs2)NC(=O)N1. The highest BCUT2D eigenvalue weighted by Gasteiger charge is 2.34. The smallest absolute Gasteiger partial charge is 0.338 e. The highest BCUT2D eigenvalue weighted by molar-refractivity contribution is 7.10. The second-order valence-corrected chi connectivity index (χ2v) is 5.75. The van der Waals surface area contributed by atoms with Gasteiger partial charge in [-0.25, -0.2) is 14.4 Å². The lowest BCUT2D eigenvalue weighted by Crippen LogP contribution is -2.46. The Bertz CT molecular complexity index is 679. The number of hydrogen-bond acceptors (Lipinski definition) is 6. The van der Waals surface area contributed by atoms with Crippen LogP contribution in [0.4, 0.5) is 4.79 Å². The van der Waals surface area contributed by atoms with E-state index in [0.29, 0.717) is 0 Å². The van der Waals surface area contributed by atoms with Gasteiger partial charge in [0.05, 0.1) is 23.9 Å². The molecule has 8 heteroatoms. The van der Waals surface area contributed by atoms with Crippen molar-refractivity contribution in [2.24, 2.45) is 0 Å². The van der Waals surface area contributed by atoms with Crippen LogP contribution in [0.2, 0.25) is 0 Å². The molecule has 0 fully saturated rings. The molecule has 2 rings (SSSR count). The van der Waals surface area contributed by atoms with Crippen molar-refractivity contribution >= 4 is 29.3 Å². The van der Waals surface area contributed by atoms with Crippen molar-refractivity contribution in [3.63, 3.8) is 0 Å². The molecule has 0 radical (unpaired) electrons. The largest absolute Gasteiger partial charge is 0.463 e. The Morgan fingerprint density at radius 1 is 1.38 bits per heavy atom. The number of urea groups is 1. The van der Waals surface area contributed by atoms with Gasteiger partial charge in [-0.05, 0) is 25.3 Å². The molecule has 1 aliphatic rings. The molecule has 2 N–H and O–H groups in total. The number of hydrogen-bond donors (Lipinski definition) is 2. The molecule has 1 aromatic rings. The molecule has 2 amide bonds. The van der Waals surface area contributed by atoms with Crippen LogP contribution in [0.5, 0.6) is 0 Å². The van der Waals surface area contributed by atoms with Gasteiger partial charge in [0.2, 0.25) is 0 Å². The number of thiophene rings is 1. The van der Waals surface area contributed by atoms with E-state index in [0.717, 1.165) is 4.88 Å². The standard InChI is InChI=1S/C16H18N2O5S/c1-3-6-12(19)23-9-10-13(15(20)22-4-2)14(18-16(21)17-10)11-7-5-8-24-11/h3,5-8,14H,4,9H2,1-2H3,(H2,17,18,21)/b6-3+. The van der Waals surface area contributed by atoms with Gasteiger partial charge in [0, 0.05) is 11.0 Å². The predicted octanol–water partition coefficient (Wildman–Crippen LogP) is 2.04. The van der Waals surface area contributed by atoms with Crippen molar-refractivity contribution in [1.82, 2.24) is 10.6 Å². The van der Waals surface area contributed by atoms with Gasteiger partial charge in [-0.3, -0.25) is 0 Å². The van der Waals surface area contributed by atoms with E-state index in [9.17, 15) is 14.4 Å². The molecule has 0 saturated heterocycles. The quantitative estimate of drug-likeness (QED) is 0.605. The van der Waals surface area contributed by atoms with Gasteiger partial charge >= 0.3 is 18.0 Å². The second-order valence-electron chi connectivity index (χ2n) is 4.77. The van der Waals surface area contributed by atoms with Crippen LogP contribution in [0.25, 0.3) is 0 Å². The van der Waals surface area contributed by atoms with E-state index in [4.69, 9.17) is 9.47 Å². The number of rotatable bonds is 6. The first-order chi connectivity index (χ1) is 11.6. The molecular formula is C16H18N2O5S. The Kier molecular flexibility index (Phi) is 6.14. The van der Waals surface area contributed by atoms with Crippen LogP contribution < -0.4 is 10.6 Å². The van der Waals surface area contributed by atoms with Crippen molar-refractivity contribution in [3.05, 3.63) is 45.8 Å². The monoisotopic (exact) mass is 350 g/mol. The Hall–Kier alpha value is -2.61. The summed E-state index contributed by atoms with van der Waals surface area (Å²) in [5, 5.41) is 7.07. The zero-order valence-electron chi connectivity index (χ0n) is 13.3. The molecule has 0 aromatic carbocycles. The summed E-state index contributed by atoms with van der Waals surface area (Å²) in [7, 11) is 0. The highest BCUT2D eigenvalue weighted by atomic mass is 32.1. The summed E-state index contributed by atoms with van der Waals surface area (Å²) in [6, 6.07) is 2.51. The molecule has 128 valence electrons. The third-order valence-corrected chi connectivity index (χ3v) is 4.08. The van der Waals surface area contributed by atoms with Crippen molar-refractivity contribution in [2.75, 3.05) is 13.2 Å². The first-order valence-corrected chi connectivity index (χ1v) is 8.25. The predicted molar refractivity (Wildman–Crippen MR) is 88.2 cm³/mol. The molecule has 0 spiro atoms. The zero-order valence-corrected chi connectivity index (χ0v) is 14.1. The highest BCUT2D eigenvalue weighted by Crippen LogP contribution is 2.30. The number of nitrogens with one attached hydrogen (secondary N) is 2. The third-order valence-electron chi connectivity index (χ3n) is 3.14. The number of ether oxygens (including phenoxy) is 2. The minimum Gasteiger partial charge on any atom is -0.463 e. The first-order valence-electron chi connectivity index (χ1n) is 7.37. The van der Waals surface area contributed by atoms with Crippen LogP contribution >= 0.6 is 11.3 Å². The molecule has 1 unspecified atom stereocenters. The van der Waals surface area contributed by atoms with Crippen LogP contribution in [0, 0.1) is 0 Å². The maximum Gasteiger partial charge on any atom is 0.338 e. The summed E-state index contributed by atoms with van der Waals surface area (Å²) in [4.78, 5) is 36.6. The zero-order chi connectivity index (χ0) is 17.5. The van der Waals surface area contributed by atoms with E-state index in [1.165, 1.54) is 17.4 Å². The fourth-order valence-corrected chi connectivity index (χ4v) is 2.96. The van der Waals surface area contributed by atoms with E-state index in [1.54, 1.807) is 19.9 Å². The van der Waals surface area contributed by atoms with E-state index < -0.39 is 24.0 Å². The lowest BCUT2D eigenvalue weighted by atomic mass is 10.0. The average molecular weight is 350 g/mol. The van der Waals surface area contributed by atoms with Gasteiger partial charge in [0.1, 0.15) is 6.61 Å². The van der Waals surface area contributed by atoms with E-state index in [-0.39, 0.29) is 24.5 Å². The molecule has 1 aromatic heterocycles. The van der Waals surface area contributed by atoms with Crippen molar-refractivity contribution in [2.45, 2.75) is 19.9 Å². The topological polar surface area (TPSA) is 93.7 Å². The third kappa shape index (κ3) is 4.23. The Labute approximate surface area is 143 Å². The number of esters is 2. The molecule has 24 heavy (non-hydrogen) atoms. The fourth-order valence-electron chi connectivity index (χ4n) is 2.18. The summed E-state index contributed by atoms with van der Waals surface area (Å²) >= 11 is 1.40. The summed E-state index contributed by atoms with van der Waals surface area (Å²) in [5.41, 5.74) is 0.445. The van der Waals surface area contributed by atoms with Crippen LogP contribution in [-0.2, 0) is 19.1 Å². The van der Waals surface area contributed by atoms with Crippen LogP contribution in [0.3, 0.4) is 0 Å². The number of amides is 2. The molecular weight excluding hydrogens is 332 g/mol. The van der Waals surface area contributed by atoms with Crippen LogP contribution in [0.1, 0.15) is 24.8 Å². The summed E-state index contributed by atoms with van der Waals surface area (Å²) in [6.45, 7) is 3.34. The van der Waals surface area contributed by atoms with Crippen LogP contribution in [0.15, 0.2) is 40.9 Å². The van der Waals surface area contributed by atoms with Crippen molar-refractivity contribution in [1.29, 1.82) is 0 Å². The number of carbonyl (C=O) groups is 3. The first kappa shape index (κ1) is 17.7. The van der Waals surface area contributed by atoms with Crippen molar-refractivity contribution < 1.29 is 23.9 Å². The van der Waals surface area contributed by atoms with Gasteiger partial charge < -0.3 is 20.1 Å². The second kappa shape index (κ2) is 8.30. The molecule has 7 nitrogen and oxygen atoms in total. The van der Waals surface area contributed by atoms with E-state index in [2.05, 4.69) is 10.6 Å². The lowest BCUT2D eigenvalue weighted by molar-refractivity contribution is -0.140. The molecule has 1 aliphatic heterocycles. The average Bonchev–Trinajstić information content (AvgIpc) is 3.07. The Morgan fingerprint density at radius 2 is 2.17 bits per heavy atom. The molecule has 0 aliphatic carbocycles. The molecule has 0 bridgehead atoms. The minimum atomic E-state index is -0.645. The minimum absolute atomic E-state index is 0.194. The van der Waals surface area contributed by atoms with E-state index in [1.807, 2.05) is 17.5 Å². The number of allylic oxidation sites excluding steroid dienone is 1. The van der Waals surface area contributed by atoms with Gasteiger partial charge in [0.25, 0.3) is 0 Å². The maximum atomic E-state index is 12.4. The van der Waals surface area contributed by atoms with Gasteiger partial charge in [-0.15, -0.1) is 11.3 Å². The molecule has 0 saturated carbocycles. The number of carbonyl (C=O) groups excluding carboxylic acids is 3. The molecule has 2 heterocycles. The Morgan fingerprint density at radius 3 is 2.79 bits per heavy atom. The summed E-state index contributed by atoms with van der Waals surface area (Å²) in [5.74, 6) is -1.13. The van der Waals surface area contributed by atoms with Gasteiger partial charge in [0.15, 0.2) is 0 Å². The fraction of sp³-hybridized carbons (Fsp3) is 0.312. The summed E-state index contributed by atoms with van der Waals surface area (Å²) < 4.78 is 10.2. The van der Waals surface area contributed by atoms with Crippen molar-refractivity contribution in [3.8, 4) is 0 Å². The lowest BCUT2D eigenvalue weighted by Gasteiger charge is -2.28. The van der Waals surface area contributed by atoms with Gasteiger partial charge in [-0.1, -0.05) is 12.1 Å². The summed E-state index contributed by atoms with van der Waals surface area (Å²) in [6.07, 6.45) is 2.79. The van der Waals surface area contributed by atoms with Gasteiger partial charge in [-0.2, -0.15) is 0 Å².